The van der Waals surface area contributed by atoms with Crippen molar-refractivity contribution in [2.45, 2.75) is 73.6 Å². The van der Waals surface area contributed by atoms with Crippen LogP contribution in [0.15, 0.2) is 76.9 Å². The van der Waals surface area contributed by atoms with Crippen LogP contribution >= 0.6 is 11.6 Å². The van der Waals surface area contributed by atoms with E-state index in [0.29, 0.717) is 24.2 Å². The van der Waals surface area contributed by atoms with E-state index in [0.717, 1.165) is 11.1 Å². The Morgan fingerprint density at radius 1 is 1.15 bits per heavy atom. The number of carbonyl (C=O) groups excluding carboxylic acids is 2. The van der Waals surface area contributed by atoms with Crippen LogP contribution in [-0.4, -0.2) is 11.8 Å². The topological polar surface area (TPSA) is 43.4 Å². The smallest absolute Gasteiger partial charge is 0.311 e. The Balaban J connectivity index is 2.03. The summed E-state index contributed by atoms with van der Waals surface area (Å²) < 4.78 is 5.23. The molecule has 1 aromatic rings. The van der Waals surface area contributed by atoms with Crippen molar-refractivity contribution in [1.29, 1.82) is 0 Å². The Kier molecular flexibility index (Phi) is 10.3. The highest BCUT2D eigenvalue weighted by molar-refractivity contribution is 6.34. The minimum absolute atomic E-state index is 0.193. The largest absolute Gasteiger partial charge is 0.426 e. The second-order valence-electron chi connectivity index (χ2n) is 9.65. The minimum atomic E-state index is -0.314. The highest BCUT2D eigenvalue weighted by atomic mass is 35.5. The maximum absolute atomic E-state index is 12.6. The molecule has 34 heavy (non-hydrogen) atoms. The molecule has 0 spiro atoms. The SMILES string of the molecule is CCCC(=O)Oc1ccc(C(=O)/C=C(C)/C=C/C=C(C)C=CC2=C(C)CCCC2(C)C)c(Cl)c1. The second kappa shape index (κ2) is 12.7. The summed E-state index contributed by atoms with van der Waals surface area (Å²) in [6, 6.07) is 4.68. The van der Waals surface area contributed by atoms with Crippen molar-refractivity contribution in [1.82, 2.24) is 0 Å². The molecule has 182 valence electrons. The first-order valence-corrected chi connectivity index (χ1v) is 12.4. The monoisotopic (exact) mass is 480 g/mol. The lowest BCUT2D eigenvalue weighted by Crippen LogP contribution is -2.19. The molecule has 0 aliphatic heterocycles. The van der Waals surface area contributed by atoms with Crippen molar-refractivity contribution in [3.8, 4) is 5.75 Å². The van der Waals surface area contributed by atoms with Crippen LogP contribution in [-0.2, 0) is 4.79 Å². The van der Waals surface area contributed by atoms with Gasteiger partial charge in [-0.15, -0.1) is 0 Å². The molecule has 0 N–H and O–H groups in total. The molecule has 0 saturated carbocycles. The number of halogens is 1. The quantitative estimate of drug-likeness (QED) is 0.117. The second-order valence-corrected chi connectivity index (χ2v) is 10.1. The van der Waals surface area contributed by atoms with Crippen LogP contribution < -0.4 is 4.74 Å². The Bertz CT molecular complexity index is 1060. The van der Waals surface area contributed by atoms with Gasteiger partial charge in [-0.1, -0.05) is 73.9 Å². The molecule has 0 heterocycles. The van der Waals surface area contributed by atoms with Gasteiger partial charge in [0.2, 0.25) is 0 Å². The zero-order valence-electron chi connectivity index (χ0n) is 21.3. The van der Waals surface area contributed by atoms with E-state index in [1.165, 1.54) is 36.5 Å². The van der Waals surface area contributed by atoms with Gasteiger partial charge in [0.1, 0.15) is 5.75 Å². The van der Waals surface area contributed by atoms with Crippen molar-refractivity contribution in [3.05, 3.63) is 87.5 Å². The Hall–Kier alpha value is -2.65. The highest BCUT2D eigenvalue weighted by Crippen LogP contribution is 2.40. The number of benzene rings is 1. The number of allylic oxidation sites excluding steroid dienone is 10. The molecule has 0 radical (unpaired) electrons. The molecular formula is C30H37ClO3. The van der Waals surface area contributed by atoms with Crippen molar-refractivity contribution in [2.24, 2.45) is 5.41 Å². The summed E-state index contributed by atoms with van der Waals surface area (Å²) in [4.78, 5) is 24.3. The van der Waals surface area contributed by atoms with Gasteiger partial charge in [-0.2, -0.15) is 0 Å². The Morgan fingerprint density at radius 2 is 1.88 bits per heavy atom. The first kappa shape index (κ1) is 27.6. The van der Waals surface area contributed by atoms with Crippen LogP contribution in [0, 0.1) is 5.41 Å². The van der Waals surface area contributed by atoms with E-state index < -0.39 is 0 Å². The van der Waals surface area contributed by atoms with Crippen LogP contribution in [0.25, 0.3) is 0 Å². The number of hydrogen-bond acceptors (Lipinski definition) is 3. The third-order valence-corrected chi connectivity index (χ3v) is 6.34. The standard InChI is InChI=1S/C30H37ClO3/c1-7-10-29(33)34-24-15-16-25(27(31)20-24)28(32)19-22(3)12-8-11-21(2)14-17-26-23(4)13-9-18-30(26,5)6/h8,11-12,14-17,19-20H,7,9-10,13,18H2,1-6H3/b12-8+,17-14?,21-11?,22-19+. The van der Waals surface area contributed by atoms with Gasteiger partial charge in [-0.3, -0.25) is 9.59 Å². The van der Waals surface area contributed by atoms with E-state index in [4.69, 9.17) is 16.3 Å². The number of esters is 1. The number of rotatable bonds is 9. The van der Waals surface area contributed by atoms with Crippen LogP contribution in [0.2, 0.25) is 5.02 Å². The van der Waals surface area contributed by atoms with E-state index in [9.17, 15) is 9.59 Å². The number of hydrogen-bond donors (Lipinski definition) is 0. The molecule has 0 unspecified atom stereocenters. The molecule has 2 rings (SSSR count). The van der Waals surface area contributed by atoms with Gasteiger partial charge >= 0.3 is 5.97 Å². The molecule has 0 bridgehead atoms. The lowest BCUT2D eigenvalue weighted by molar-refractivity contribution is -0.134. The third-order valence-electron chi connectivity index (χ3n) is 6.02. The Morgan fingerprint density at radius 3 is 2.53 bits per heavy atom. The molecule has 1 aliphatic rings. The summed E-state index contributed by atoms with van der Waals surface area (Å²) in [6.07, 6.45) is 16.6. The zero-order chi connectivity index (χ0) is 25.3. The van der Waals surface area contributed by atoms with Gasteiger partial charge in [0.15, 0.2) is 5.78 Å². The summed E-state index contributed by atoms with van der Waals surface area (Å²) in [6.45, 7) is 12.7. The van der Waals surface area contributed by atoms with Gasteiger partial charge in [0.05, 0.1) is 5.02 Å². The average molecular weight is 481 g/mol. The molecule has 0 atom stereocenters. The molecular weight excluding hydrogens is 444 g/mol. The lowest BCUT2D eigenvalue weighted by atomic mass is 9.72. The molecule has 1 aromatic carbocycles. The summed E-state index contributed by atoms with van der Waals surface area (Å²) in [5, 5.41) is 0.260. The highest BCUT2D eigenvalue weighted by Gasteiger charge is 2.26. The van der Waals surface area contributed by atoms with E-state index in [2.05, 4.69) is 39.8 Å². The van der Waals surface area contributed by atoms with E-state index >= 15 is 0 Å². The summed E-state index contributed by atoms with van der Waals surface area (Å²) >= 11 is 6.26. The normalized spacial score (nSPS) is 17.0. The van der Waals surface area contributed by atoms with E-state index in [1.54, 1.807) is 18.2 Å². The fourth-order valence-corrected chi connectivity index (χ4v) is 4.37. The summed E-state index contributed by atoms with van der Waals surface area (Å²) in [5.41, 5.74) is 5.50. The average Bonchev–Trinajstić information content (AvgIpc) is 2.73. The number of ketones is 1. The van der Waals surface area contributed by atoms with Crippen LogP contribution in [0.3, 0.4) is 0 Å². The Labute approximate surface area is 209 Å². The maximum atomic E-state index is 12.6. The minimum Gasteiger partial charge on any atom is -0.426 e. The molecule has 3 nitrogen and oxygen atoms in total. The first-order valence-electron chi connectivity index (χ1n) is 12.0. The van der Waals surface area contributed by atoms with Crippen molar-refractivity contribution in [3.63, 3.8) is 0 Å². The first-order chi connectivity index (χ1) is 16.0. The number of carbonyl (C=O) groups is 2. The molecule has 0 saturated heterocycles. The molecule has 0 aromatic heterocycles. The third kappa shape index (κ3) is 8.29. The predicted molar refractivity (Wildman–Crippen MR) is 142 cm³/mol. The van der Waals surface area contributed by atoms with Gasteiger partial charge in [-0.25, -0.2) is 0 Å². The van der Waals surface area contributed by atoms with Crippen LogP contribution in [0.5, 0.6) is 5.75 Å². The fourth-order valence-electron chi connectivity index (χ4n) is 4.11. The maximum Gasteiger partial charge on any atom is 0.311 e. The summed E-state index contributed by atoms with van der Waals surface area (Å²) in [7, 11) is 0. The van der Waals surface area contributed by atoms with Crippen molar-refractivity contribution in [2.75, 3.05) is 0 Å². The van der Waals surface area contributed by atoms with Crippen LogP contribution in [0.4, 0.5) is 0 Å². The van der Waals surface area contributed by atoms with Gasteiger partial charge in [0, 0.05) is 18.1 Å². The van der Waals surface area contributed by atoms with Gasteiger partial charge < -0.3 is 4.74 Å². The summed E-state index contributed by atoms with van der Waals surface area (Å²) in [5.74, 6) is -0.163. The van der Waals surface area contributed by atoms with E-state index in [-0.39, 0.29) is 22.2 Å². The molecule has 0 fully saturated rings. The fraction of sp³-hybridized carbons (Fsp3) is 0.400. The molecule has 1 aliphatic carbocycles. The zero-order valence-corrected chi connectivity index (χ0v) is 22.1. The predicted octanol–water partition coefficient (Wildman–Crippen LogP) is 8.76. The van der Waals surface area contributed by atoms with E-state index in [1.807, 2.05) is 32.1 Å². The van der Waals surface area contributed by atoms with Gasteiger partial charge in [0.25, 0.3) is 0 Å². The van der Waals surface area contributed by atoms with Crippen LogP contribution in [0.1, 0.15) is 84.0 Å². The lowest BCUT2D eigenvalue weighted by Gasteiger charge is -2.32. The van der Waals surface area contributed by atoms with Gasteiger partial charge in [-0.05, 0) is 81.2 Å². The van der Waals surface area contributed by atoms with Crippen molar-refractivity contribution < 1.29 is 14.3 Å². The van der Waals surface area contributed by atoms with Crippen molar-refractivity contribution >= 4 is 23.4 Å². The molecule has 4 heteroatoms. The number of ether oxygens (including phenoxy) is 1. The molecule has 0 amide bonds.